The summed E-state index contributed by atoms with van der Waals surface area (Å²) >= 11 is 0. The molecule has 0 spiro atoms. The minimum Gasteiger partial charge on any atom is -0.356 e. The van der Waals surface area contributed by atoms with E-state index in [1.54, 1.807) is 0 Å². The Morgan fingerprint density at radius 1 is 1.25 bits per heavy atom. The molecule has 1 N–H and O–H groups in total. The van der Waals surface area contributed by atoms with Crippen molar-refractivity contribution >= 4 is 5.82 Å². The first-order chi connectivity index (χ1) is 11.6. The molecule has 0 amide bonds. The smallest absolute Gasteiger partial charge is 0.132 e. The van der Waals surface area contributed by atoms with Gasteiger partial charge in [0.25, 0.3) is 0 Å². The summed E-state index contributed by atoms with van der Waals surface area (Å²) in [6.45, 7) is 11.3. The lowest BCUT2D eigenvalue weighted by Crippen LogP contribution is -2.44. The molecular weight excluding hydrogens is 300 g/mol. The van der Waals surface area contributed by atoms with Crippen LogP contribution in [-0.4, -0.2) is 38.9 Å². The molecule has 130 valence electrons. The fraction of sp³-hybridized carbons (Fsp3) is 0.611. The van der Waals surface area contributed by atoms with Gasteiger partial charge in [-0.05, 0) is 46.6 Å². The van der Waals surface area contributed by atoms with Crippen molar-refractivity contribution in [2.75, 3.05) is 18.0 Å². The van der Waals surface area contributed by atoms with Crippen LogP contribution in [0.5, 0.6) is 0 Å². The van der Waals surface area contributed by atoms with Crippen molar-refractivity contribution in [3.05, 3.63) is 35.5 Å². The van der Waals surface area contributed by atoms with Crippen molar-refractivity contribution in [3.63, 3.8) is 0 Å². The summed E-state index contributed by atoms with van der Waals surface area (Å²) in [6.07, 6.45) is 4.15. The molecule has 0 aromatic carbocycles. The second-order valence-electron chi connectivity index (χ2n) is 6.64. The molecule has 1 atom stereocenters. The zero-order chi connectivity index (χ0) is 17.1. The van der Waals surface area contributed by atoms with Crippen LogP contribution in [-0.2, 0) is 6.54 Å². The van der Waals surface area contributed by atoms with Crippen LogP contribution < -0.4 is 10.2 Å². The number of nitrogens with one attached hydrogen (secondary N) is 1. The minimum absolute atomic E-state index is 0.326. The number of aryl methyl sites for hydroxylation is 3. The van der Waals surface area contributed by atoms with Crippen molar-refractivity contribution in [2.24, 2.45) is 0 Å². The van der Waals surface area contributed by atoms with Gasteiger partial charge in [0.1, 0.15) is 11.6 Å². The van der Waals surface area contributed by atoms with Gasteiger partial charge < -0.3 is 10.2 Å². The molecule has 1 aliphatic rings. The van der Waals surface area contributed by atoms with Gasteiger partial charge in [-0.1, -0.05) is 0 Å². The van der Waals surface area contributed by atoms with Gasteiger partial charge >= 0.3 is 0 Å². The first-order valence-corrected chi connectivity index (χ1v) is 8.91. The highest BCUT2D eigenvalue weighted by Crippen LogP contribution is 2.21. The third-order valence-corrected chi connectivity index (χ3v) is 4.75. The van der Waals surface area contributed by atoms with Gasteiger partial charge in [0.15, 0.2) is 0 Å². The summed E-state index contributed by atoms with van der Waals surface area (Å²) in [5, 5.41) is 8.14. The number of anilines is 1. The fourth-order valence-corrected chi connectivity index (χ4v) is 3.55. The van der Waals surface area contributed by atoms with Crippen LogP contribution in [0.1, 0.15) is 49.9 Å². The third-order valence-electron chi connectivity index (χ3n) is 4.75. The summed E-state index contributed by atoms with van der Waals surface area (Å²) in [6, 6.07) is 5.07. The summed E-state index contributed by atoms with van der Waals surface area (Å²) in [5.74, 6) is 1.92. The van der Waals surface area contributed by atoms with E-state index in [0.717, 1.165) is 49.8 Å². The largest absolute Gasteiger partial charge is 0.356 e. The first-order valence-electron chi connectivity index (χ1n) is 8.91. The first kappa shape index (κ1) is 16.9. The van der Waals surface area contributed by atoms with E-state index < -0.39 is 0 Å². The van der Waals surface area contributed by atoms with Crippen LogP contribution in [0.2, 0.25) is 0 Å². The molecule has 1 unspecified atom stereocenters. The van der Waals surface area contributed by atoms with Crippen molar-refractivity contribution in [3.8, 4) is 0 Å². The molecule has 6 heteroatoms. The number of aromatic nitrogens is 4. The van der Waals surface area contributed by atoms with Crippen LogP contribution in [0.15, 0.2) is 18.3 Å². The van der Waals surface area contributed by atoms with Gasteiger partial charge in [0.05, 0.1) is 5.69 Å². The van der Waals surface area contributed by atoms with Gasteiger partial charge in [-0.15, -0.1) is 0 Å². The molecule has 0 bridgehead atoms. The Morgan fingerprint density at radius 3 is 2.67 bits per heavy atom. The lowest BCUT2D eigenvalue weighted by molar-refractivity contribution is 0.369. The van der Waals surface area contributed by atoms with Gasteiger partial charge in [-0.2, -0.15) is 5.10 Å². The second-order valence-corrected chi connectivity index (χ2v) is 6.64. The Bertz CT molecular complexity index is 652. The van der Waals surface area contributed by atoms with Crippen LogP contribution in [0, 0.1) is 13.8 Å². The zero-order valence-electron chi connectivity index (χ0n) is 15.2. The monoisotopic (exact) mass is 328 g/mol. The molecule has 6 nitrogen and oxygen atoms in total. The Kier molecular flexibility index (Phi) is 5.14. The SMILES string of the molecule is CCn1nccc1C(C)NC1CCN(c2cc(C)nc(C)n2)CC1. The normalized spacial score (nSPS) is 17.2. The molecule has 1 aliphatic heterocycles. The predicted octanol–water partition coefficient (Wildman–Crippen LogP) is 2.63. The van der Waals surface area contributed by atoms with E-state index in [0.29, 0.717) is 12.1 Å². The molecule has 3 heterocycles. The topological polar surface area (TPSA) is 58.9 Å². The standard InChI is InChI=1S/C18H28N6/c1-5-24-17(6-9-19-24)14(3)21-16-7-10-23(11-8-16)18-12-13(2)20-15(4)22-18/h6,9,12,14,16,21H,5,7-8,10-11H2,1-4H3. The van der Waals surface area contributed by atoms with Crippen molar-refractivity contribution < 1.29 is 0 Å². The molecular formula is C18H28N6. The van der Waals surface area contributed by atoms with E-state index >= 15 is 0 Å². The maximum absolute atomic E-state index is 4.59. The highest BCUT2D eigenvalue weighted by molar-refractivity contribution is 5.40. The molecule has 1 saturated heterocycles. The number of nitrogens with zero attached hydrogens (tertiary/aromatic N) is 5. The highest BCUT2D eigenvalue weighted by Gasteiger charge is 2.23. The summed E-state index contributed by atoms with van der Waals surface area (Å²) in [5.41, 5.74) is 2.31. The van der Waals surface area contributed by atoms with Gasteiger partial charge in [0, 0.05) is 49.7 Å². The lowest BCUT2D eigenvalue weighted by atomic mass is 10.0. The van der Waals surface area contributed by atoms with E-state index in [-0.39, 0.29) is 0 Å². The highest BCUT2D eigenvalue weighted by atomic mass is 15.3. The van der Waals surface area contributed by atoms with Crippen LogP contribution in [0.4, 0.5) is 5.82 Å². The molecule has 0 radical (unpaired) electrons. The summed E-state index contributed by atoms with van der Waals surface area (Å²) in [4.78, 5) is 11.3. The third kappa shape index (κ3) is 3.75. The minimum atomic E-state index is 0.326. The van der Waals surface area contributed by atoms with E-state index in [4.69, 9.17) is 0 Å². The Hall–Kier alpha value is -1.95. The molecule has 1 fully saturated rings. The Morgan fingerprint density at radius 2 is 2.00 bits per heavy atom. The number of rotatable bonds is 5. The van der Waals surface area contributed by atoms with Crippen molar-refractivity contribution in [1.29, 1.82) is 0 Å². The number of hydrogen-bond acceptors (Lipinski definition) is 5. The predicted molar refractivity (Wildman–Crippen MR) is 96.2 cm³/mol. The average molecular weight is 328 g/mol. The fourth-order valence-electron chi connectivity index (χ4n) is 3.55. The van der Waals surface area contributed by atoms with Gasteiger partial charge in [0.2, 0.25) is 0 Å². The van der Waals surface area contributed by atoms with Crippen LogP contribution in [0.3, 0.4) is 0 Å². The van der Waals surface area contributed by atoms with E-state index in [2.05, 4.69) is 55.9 Å². The molecule has 2 aromatic rings. The van der Waals surface area contributed by atoms with Crippen molar-refractivity contribution in [1.82, 2.24) is 25.1 Å². The maximum atomic E-state index is 4.59. The van der Waals surface area contributed by atoms with E-state index in [1.807, 2.05) is 20.0 Å². The van der Waals surface area contributed by atoms with Crippen LogP contribution in [0.25, 0.3) is 0 Å². The average Bonchev–Trinajstić information content (AvgIpc) is 3.03. The van der Waals surface area contributed by atoms with E-state index in [9.17, 15) is 0 Å². The van der Waals surface area contributed by atoms with Crippen molar-refractivity contribution in [2.45, 2.75) is 59.2 Å². The molecule has 24 heavy (non-hydrogen) atoms. The quantitative estimate of drug-likeness (QED) is 0.914. The molecule has 2 aromatic heterocycles. The molecule has 3 rings (SSSR count). The maximum Gasteiger partial charge on any atom is 0.132 e. The number of hydrogen-bond donors (Lipinski definition) is 1. The summed E-state index contributed by atoms with van der Waals surface area (Å²) < 4.78 is 2.07. The Labute approximate surface area is 144 Å². The second kappa shape index (κ2) is 7.30. The van der Waals surface area contributed by atoms with Gasteiger partial charge in [-0.25, -0.2) is 9.97 Å². The van der Waals surface area contributed by atoms with E-state index in [1.165, 1.54) is 5.69 Å². The van der Waals surface area contributed by atoms with Gasteiger partial charge in [-0.3, -0.25) is 4.68 Å². The summed E-state index contributed by atoms with van der Waals surface area (Å²) in [7, 11) is 0. The lowest BCUT2D eigenvalue weighted by Gasteiger charge is -2.34. The molecule has 0 aliphatic carbocycles. The number of piperidine rings is 1. The Balaban J connectivity index is 1.57. The van der Waals surface area contributed by atoms with Crippen LogP contribution >= 0.6 is 0 Å². The molecule has 0 saturated carbocycles. The zero-order valence-corrected chi connectivity index (χ0v) is 15.2.